The van der Waals surface area contributed by atoms with E-state index in [1.54, 1.807) is 39.0 Å². The Balaban J connectivity index is 1.29. The molecule has 1 aliphatic rings. The lowest BCUT2D eigenvalue weighted by atomic mass is 9.79. The summed E-state index contributed by atoms with van der Waals surface area (Å²) in [5.74, 6) is -2.03. The third kappa shape index (κ3) is 10.8. The van der Waals surface area contributed by atoms with Crippen LogP contribution in [0.15, 0.2) is 158 Å². The van der Waals surface area contributed by atoms with Crippen LogP contribution in [0, 0.1) is 12.8 Å². The van der Waals surface area contributed by atoms with E-state index in [0.717, 1.165) is 32.8 Å². The van der Waals surface area contributed by atoms with Crippen LogP contribution in [0.25, 0.3) is 11.1 Å². The number of esters is 1. The van der Waals surface area contributed by atoms with Gasteiger partial charge in [0.1, 0.15) is 18.2 Å². The van der Waals surface area contributed by atoms with Crippen LogP contribution in [0.4, 0.5) is 9.59 Å². The summed E-state index contributed by atoms with van der Waals surface area (Å²) in [5, 5.41) is 4.08. The van der Waals surface area contributed by atoms with Gasteiger partial charge in [-0.05, 0) is 73.9 Å². The Kier molecular flexibility index (Phi) is 14.6. The number of aryl methyl sites for hydroxylation is 1. The molecule has 0 bridgehead atoms. The first-order valence-electron chi connectivity index (χ1n) is 22.2. The number of rotatable bonds is 14. The quantitative estimate of drug-likeness (QED) is 0.0483. The molecule has 0 spiro atoms. The fourth-order valence-electron chi connectivity index (χ4n) is 8.52. The van der Waals surface area contributed by atoms with Crippen molar-refractivity contribution in [3.05, 3.63) is 202 Å². The lowest BCUT2D eigenvalue weighted by molar-refractivity contribution is -0.166. The zero-order valence-corrected chi connectivity index (χ0v) is 38.9. The summed E-state index contributed by atoms with van der Waals surface area (Å²) in [5.41, 5.74) is 7.48. The summed E-state index contributed by atoms with van der Waals surface area (Å²) >= 11 is 7.05. The van der Waals surface area contributed by atoms with Gasteiger partial charge in [-0.15, -0.1) is 0 Å². The van der Waals surface area contributed by atoms with Gasteiger partial charge >= 0.3 is 18.2 Å². The molecule has 0 saturated heterocycles. The molecule has 3 amide bonds. The van der Waals surface area contributed by atoms with Gasteiger partial charge in [-0.3, -0.25) is 4.79 Å². The molecular formula is C55H56ClN3O7. The van der Waals surface area contributed by atoms with Crippen molar-refractivity contribution in [1.29, 1.82) is 0 Å². The highest BCUT2D eigenvalue weighted by Gasteiger charge is 2.46. The Morgan fingerprint density at radius 3 is 1.80 bits per heavy atom. The Hall–Kier alpha value is -6.91. The maximum absolute atomic E-state index is 15.6. The summed E-state index contributed by atoms with van der Waals surface area (Å²) < 4.78 is 18.6. The van der Waals surface area contributed by atoms with E-state index in [-0.39, 0.29) is 31.3 Å². The second-order valence-electron chi connectivity index (χ2n) is 18.0. The average Bonchev–Trinajstić information content (AvgIpc) is 3.62. The van der Waals surface area contributed by atoms with E-state index in [9.17, 15) is 9.59 Å². The third-order valence-electron chi connectivity index (χ3n) is 11.5. The molecule has 0 fully saturated rings. The number of hydrogen-bond acceptors (Lipinski definition) is 7. The minimum atomic E-state index is -1.66. The molecule has 0 saturated carbocycles. The SMILES string of the molecule is Cc1ccc(C(OC(=O)[C@@H](Cc2ccccc2)N(NC(=O)OC(C)(C)C)C(=O)[C@H](CC(C)C)NC(=O)OCC2c3ccccc3-c3ccccc32)(c2ccccc2)c2ccccc2Cl)cc1. The van der Waals surface area contributed by atoms with Crippen molar-refractivity contribution in [3.8, 4) is 11.1 Å². The molecule has 1 unspecified atom stereocenters. The summed E-state index contributed by atoms with van der Waals surface area (Å²) in [6, 6.07) is 46.3. The minimum absolute atomic E-state index is 0.00784. The number of fused-ring (bicyclic) bond motifs is 3. The number of amides is 3. The first kappa shape index (κ1) is 47.1. The number of ether oxygens (including phenoxy) is 3. The van der Waals surface area contributed by atoms with Gasteiger partial charge in [-0.2, -0.15) is 0 Å². The number of alkyl carbamates (subject to hydrolysis) is 1. The second-order valence-corrected chi connectivity index (χ2v) is 18.4. The number of benzene rings is 6. The summed E-state index contributed by atoms with van der Waals surface area (Å²) in [7, 11) is 0. The van der Waals surface area contributed by atoms with Crippen molar-refractivity contribution >= 4 is 35.7 Å². The Labute approximate surface area is 392 Å². The largest absolute Gasteiger partial charge is 0.449 e. The number of halogens is 1. The zero-order chi connectivity index (χ0) is 47.0. The number of hydrogen-bond donors (Lipinski definition) is 2. The molecule has 0 heterocycles. The first-order valence-corrected chi connectivity index (χ1v) is 22.6. The highest BCUT2D eigenvalue weighted by Crippen LogP contribution is 2.46. The Bertz CT molecular complexity index is 2600. The summed E-state index contributed by atoms with van der Waals surface area (Å²) in [4.78, 5) is 58.8. The molecule has 6 aromatic carbocycles. The van der Waals surface area contributed by atoms with Gasteiger partial charge in [0.15, 0.2) is 11.6 Å². The van der Waals surface area contributed by atoms with E-state index < -0.39 is 47.3 Å². The van der Waals surface area contributed by atoms with Crippen LogP contribution in [0.5, 0.6) is 0 Å². The van der Waals surface area contributed by atoms with E-state index in [1.807, 2.05) is 160 Å². The molecule has 7 rings (SSSR count). The Morgan fingerprint density at radius 2 is 1.21 bits per heavy atom. The summed E-state index contributed by atoms with van der Waals surface area (Å²) in [6.07, 6.45) is -1.82. The smallest absolute Gasteiger partial charge is 0.426 e. The van der Waals surface area contributed by atoms with Gasteiger partial charge in [0, 0.05) is 34.1 Å². The molecule has 340 valence electrons. The van der Waals surface area contributed by atoms with Crippen LogP contribution in [0.2, 0.25) is 5.02 Å². The molecule has 0 aliphatic heterocycles. The number of hydrazine groups is 1. The Morgan fingerprint density at radius 1 is 0.667 bits per heavy atom. The van der Waals surface area contributed by atoms with Crippen LogP contribution in [0.1, 0.15) is 85.9 Å². The maximum atomic E-state index is 15.6. The highest BCUT2D eigenvalue weighted by atomic mass is 35.5. The molecule has 3 atom stereocenters. The van der Waals surface area contributed by atoms with Gasteiger partial charge < -0.3 is 19.5 Å². The van der Waals surface area contributed by atoms with Gasteiger partial charge in [-0.25, -0.2) is 24.8 Å². The monoisotopic (exact) mass is 905 g/mol. The first-order chi connectivity index (χ1) is 31.6. The fraction of sp³-hybridized carbons (Fsp3) is 0.273. The van der Waals surface area contributed by atoms with E-state index in [4.69, 9.17) is 25.8 Å². The van der Waals surface area contributed by atoms with Crippen molar-refractivity contribution < 1.29 is 33.4 Å². The van der Waals surface area contributed by atoms with E-state index >= 15 is 9.59 Å². The van der Waals surface area contributed by atoms with Crippen molar-refractivity contribution in [3.63, 3.8) is 0 Å². The standard InChI is InChI=1S/C55H56ClN3O7/c1-36(2)33-48(57-52(62)64-35-45-43-25-15-13-23-41(43)42-24-14-16-26-44(42)45)50(60)59(58-53(63)66-54(4,5)6)49(34-38-19-9-7-10-20-38)51(61)65-55(39-21-11-8-12-22-39,40-31-29-37(3)30-32-40)46-27-17-18-28-47(46)56/h7-32,36,45,48-49H,33-35H2,1-6H3,(H,57,62)(H,58,63)/t48-,49+,55?/m0/s1. The predicted molar refractivity (Wildman–Crippen MR) is 257 cm³/mol. The highest BCUT2D eigenvalue weighted by molar-refractivity contribution is 6.31. The normalized spacial score (nSPS) is 13.9. The predicted octanol–water partition coefficient (Wildman–Crippen LogP) is 11.3. The molecule has 0 aromatic heterocycles. The molecule has 10 nitrogen and oxygen atoms in total. The third-order valence-corrected chi connectivity index (χ3v) is 11.8. The fourth-order valence-corrected chi connectivity index (χ4v) is 8.79. The summed E-state index contributed by atoms with van der Waals surface area (Å²) in [6.45, 7) is 10.8. The van der Waals surface area contributed by atoms with Gasteiger partial charge in [0.05, 0.1) is 0 Å². The van der Waals surface area contributed by atoms with Crippen LogP contribution < -0.4 is 10.7 Å². The van der Waals surface area contributed by atoms with Gasteiger partial charge in [0.25, 0.3) is 5.91 Å². The zero-order valence-electron chi connectivity index (χ0n) is 38.1. The number of nitrogens with one attached hydrogen (secondary N) is 2. The lowest BCUT2D eigenvalue weighted by Gasteiger charge is -2.39. The van der Waals surface area contributed by atoms with Crippen LogP contribution in [-0.4, -0.2) is 53.4 Å². The molecule has 66 heavy (non-hydrogen) atoms. The molecule has 2 N–H and O–H groups in total. The molecule has 11 heteroatoms. The minimum Gasteiger partial charge on any atom is -0.449 e. The molecule has 0 radical (unpaired) electrons. The maximum Gasteiger partial charge on any atom is 0.426 e. The van der Waals surface area contributed by atoms with Crippen molar-refractivity contribution in [2.75, 3.05) is 6.61 Å². The number of carbonyl (C=O) groups is 4. The van der Waals surface area contributed by atoms with E-state index in [1.165, 1.54) is 0 Å². The number of nitrogens with zero attached hydrogens (tertiary/aromatic N) is 1. The molecule has 6 aromatic rings. The van der Waals surface area contributed by atoms with E-state index in [2.05, 4.69) is 10.7 Å². The second kappa shape index (κ2) is 20.5. The topological polar surface area (TPSA) is 123 Å². The number of carbonyl (C=O) groups excluding carboxylic acids is 4. The van der Waals surface area contributed by atoms with E-state index in [0.29, 0.717) is 27.3 Å². The van der Waals surface area contributed by atoms with Crippen molar-refractivity contribution in [2.24, 2.45) is 5.92 Å². The molecule has 1 aliphatic carbocycles. The molecular weight excluding hydrogens is 850 g/mol. The van der Waals surface area contributed by atoms with Gasteiger partial charge in [0.2, 0.25) is 0 Å². The average molecular weight is 907 g/mol. The van der Waals surface area contributed by atoms with Crippen LogP contribution in [0.3, 0.4) is 0 Å². The van der Waals surface area contributed by atoms with Crippen molar-refractivity contribution in [2.45, 2.75) is 83.6 Å². The lowest BCUT2D eigenvalue weighted by Crippen LogP contribution is -2.62. The van der Waals surface area contributed by atoms with Crippen molar-refractivity contribution in [1.82, 2.24) is 15.8 Å². The van der Waals surface area contributed by atoms with Gasteiger partial charge in [-0.1, -0.05) is 183 Å². The van der Waals surface area contributed by atoms with Crippen LogP contribution in [-0.2, 0) is 35.8 Å². The van der Waals surface area contributed by atoms with Crippen LogP contribution >= 0.6 is 11.6 Å².